The third kappa shape index (κ3) is 4.44. The first-order chi connectivity index (χ1) is 13.8. The van der Waals surface area contributed by atoms with Crippen LogP contribution in [0.5, 0.6) is 5.75 Å². The van der Waals surface area contributed by atoms with E-state index in [4.69, 9.17) is 16.3 Å². The van der Waals surface area contributed by atoms with Crippen molar-refractivity contribution in [2.45, 2.75) is 17.7 Å². The number of anilines is 1. The van der Waals surface area contributed by atoms with E-state index in [1.807, 2.05) is 29.2 Å². The summed E-state index contributed by atoms with van der Waals surface area (Å²) in [5, 5.41) is 0.993. The Morgan fingerprint density at radius 2 is 2.00 bits per heavy atom. The van der Waals surface area contributed by atoms with Crippen molar-refractivity contribution >= 4 is 50.0 Å². The van der Waals surface area contributed by atoms with Gasteiger partial charge in [0.15, 0.2) is 15.0 Å². The van der Waals surface area contributed by atoms with Crippen molar-refractivity contribution in [1.29, 1.82) is 0 Å². The Labute approximate surface area is 178 Å². The van der Waals surface area contributed by atoms with Gasteiger partial charge in [0.2, 0.25) is 0 Å². The minimum Gasteiger partial charge on any atom is -0.497 e. The third-order valence-electron chi connectivity index (χ3n) is 4.89. The highest BCUT2D eigenvalue weighted by atomic mass is 35.5. The number of hydrogen-bond donors (Lipinski definition) is 0. The van der Waals surface area contributed by atoms with Gasteiger partial charge in [-0.2, -0.15) is 4.99 Å². The number of benzene rings is 2. The normalized spacial score (nSPS) is 23.9. The predicted molar refractivity (Wildman–Crippen MR) is 117 cm³/mol. The highest BCUT2D eigenvalue weighted by molar-refractivity contribution is 8.16. The first-order valence-corrected chi connectivity index (χ1v) is 12.1. The molecule has 0 spiro atoms. The lowest BCUT2D eigenvalue weighted by Crippen LogP contribution is -2.37. The van der Waals surface area contributed by atoms with Crippen LogP contribution in [0.4, 0.5) is 5.69 Å². The molecular formula is C20H19ClN2O4S2. The van der Waals surface area contributed by atoms with Gasteiger partial charge in [-0.3, -0.25) is 4.79 Å². The van der Waals surface area contributed by atoms with Crippen LogP contribution in [0.25, 0.3) is 0 Å². The molecule has 0 unspecified atom stereocenters. The molecule has 6 nitrogen and oxygen atoms in total. The summed E-state index contributed by atoms with van der Waals surface area (Å²) >= 11 is 7.25. The average molecular weight is 451 g/mol. The fraction of sp³-hybridized carbons (Fsp3) is 0.300. The summed E-state index contributed by atoms with van der Waals surface area (Å²) < 4.78 is 29.6. The highest BCUT2D eigenvalue weighted by Gasteiger charge is 2.49. The maximum atomic E-state index is 12.6. The van der Waals surface area contributed by atoms with E-state index in [1.165, 1.54) is 11.8 Å². The van der Waals surface area contributed by atoms with E-state index in [2.05, 4.69) is 4.99 Å². The predicted octanol–water partition coefficient (Wildman–Crippen LogP) is 3.19. The van der Waals surface area contributed by atoms with Crippen molar-refractivity contribution in [2.75, 3.05) is 23.5 Å². The summed E-state index contributed by atoms with van der Waals surface area (Å²) in [4.78, 5) is 18.8. The van der Waals surface area contributed by atoms with Gasteiger partial charge in [-0.15, -0.1) is 0 Å². The number of nitrogens with zero attached hydrogens (tertiary/aromatic N) is 2. The second-order valence-corrected chi connectivity index (χ2v) is 10.8. The van der Waals surface area contributed by atoms with Crippen LogP contribution in [0, 0.1) is 0 Å². The Morgan fingerprint density at radius 1 is 1.24 bits per heavy atom. The van der Waals surface area contributed by atoms with Crippen LogP contribution >= 0.6 is 23.4 Å². The van der Waals surface area contributed by atoms with Crippen LogP contribution in [-0.4, -0.2) is 49.4 Å². The van der Waals surface area contributed by atoms with Gasteiger partial charge >= 0.3 is 0 Å². The number of rotatable bonds is 4. The van der Waals surface area contributed by atoms with E-state index in [1.54, 1.807) is 31.4 Å². The lowest BCUT2D eigenvalue weighted by atomic mass is 10.1. The maximum Gasteiger partial charge on any atom is 0.252 e. The zero-order valence-corrected chi connectivity index (χ0v) is 18.0. The molecule has 0 saturated carbocycles. The first-order valence-electron chi connectivity index (χ1n) is 9.01. The molecular weight excluding hydrogens is 432 g/mol. The van der Waals surface area contributed by atoms with E-state index < -0.39 is 9.84 Å². The smallest absolute Gasteiger partial charge is 0.252 e. The number of sulfone groups is 1. The third-order valence-corrected chi connectivity index (χ3v) is 8.35. The summed E-state index contributed by atoms with van der Waals surface area (Å²) in [6.07, 6.45) is 0.154. The molecule has 2 aromatic rings. The van der Waals surface area contributed by atoms with Crippen LogP contribution in [0.2, 0.25) is 5.02 Å². The van der Waals surface area contributed by atoms with Crippen molar-refractivity contribution < 1.29 is 17.9 Å². The Balaban J connectivity index is 1.64. The summed E-state index contributed by atoms with van der Waals surface area (Å²) in [7, 11) is -1.54. The van der Waals surface area contributed by atoms with Gasteiger partial charge in [-0.25, -0.2) is 8.42 Å². The van der Waals surface area contributed by atoms with Crippen LogP contribution < -0.4 is 9.64 Å². The quantitative estimate of drug-likeness (QED) is 0.712. The van der Waals surface area contributed by atoms with E-state index in [0.29, 0.717) is 15.9 Å². The van der Waals surface area contributed by atoms with Crippen molar-refractivity contribution in [2.24, 2.45) is 4.99 Å². The van der Waals surface area contributed by atoms with Crippen LogP contribution in [-0.2, 0) is 21.1 Å². The van der Waals surface area contributed by atoms with E-state index >= 15 is 0 Å². The second kappa shape index (κ2) is 8.01. The summed E-state index contributed by atoms with van der Waals surface area (Å²) in [6, 6.07) is 14.2. The van der Waals surface area contributed by atoms with Crippen LogP contribution in [0.3, 0.4) is 0 Å². The molecule has 29 heavy (non-hydrogen) atoms. The first kappa shape index (κ1) is 20.3. The molecule has 2 saturated heterocycles. The number of amidine groups is 1. The second-order valence-electron chi connectivity index (χ2n) is 6.96. The average Bonchev–Trinajstić information content (AvgIpc) is 3.14. The van der Waals surface area contributed by atoms with Gasteiger partial charge in [-0.05, 0) is 29.8 Å². The van der Waals surface area contributed by atoms with Crippen molar-refractivity contribution in [3.63, 3.8) is 0 Å². The summed E-state index contributed by atoms with van der Waals surface area (Å²) in [5.41, 5.74) is 1.59. The molecule has 0 aromatic heterocycles. The molecule has 0 bridgehead atoms. The monoisotopic (exact) mass is 450 g/mol. The molecule has 0 aliphatic carbocycles. The Hall–Kier alpha value is -2.03. The Kier molecular flexibility index (Phi) is 5.59. The van der Waals surface area contributed by atoms with Gasteiger partial charge in [-0.1, -0.05) is 41.6 Å². The van der Waals surface area contributed by atoms with Crippen molar-refractivity contribution in [1.82, 2.24) is 0 Å². The topological polar surface area (TPSA) is 76.0 Å². The van der Waals surface area contributed by atoms with E-state index in [-0.39, 0.29) is 35.1 Å². The van der Waals surface area contributed by atoms with Gasteiger partial charge in [0.1, 0.15) is 5.75 Å². The molecule has 2 aromatic carbocycles. The summed E-state index contributed by atoms with van der Waals surface area (Å²) in [6.45, 7) is 0. The molecule has 2 heterocycles. The van der Waals surface area contributed by atoms with E-state index in [0.717, 1.165) is 11.3 Å². The van der Waals surface area contributed by atoms with Crippen LogP contribution in [0.1, 0.15) is 5.56 Å². The Morgan fingerprint density at radius 3 is 2.72 bits per heavy atom. The molecule has 2 aliphatic rings. The number of thioether (sulfide) groups is 1. The number of carbonyl (C=O) groups is 1. The van der Waals surface area contributed by atoms with Crippen LogP contribution in [0.15, 0.2) is 53.5 Å². The molecule has 4 rings (SSSR count). The van der Waals surface area contributed by atoms with Gasteiger partial charge in [0.05, 0.1) is 31.1 Å². The number of amides is 1. The van der Waals surface area contributed by atoms with Crippen molar-refractivity contribution in [3.8, 4) is 5.75 Å². The highest BCUT2D eigenvalue weighted by Crippen LogP contribution is 2.41. The molecule has 2 atom stereocenters. The number of aliphatic imine (C=N–C) groups is 1. The van der Waals surface area contributed by atoms with E-state index in [9.17, 15) is 13.2 Å². The molecule has 0 N–H and O–H groups in total. The Bertz CT molecular complexity index is 1070. The van der Waals surface area contributed by atoms with Crippen molar-refractivity contribution in [3.05, 3.63) is 59.1 Å². The molecule has 152 valence electrons. The van der Waals surface area contributed by atoms with Gasteiger partial charge in [0, 0.05) is 22.0 Å². The van der Waals surface area contributed by atoms with Gasteiger partial charge < -0.3 is 9.64 Å². The molecule has 1 amide bonds. The van der Waals surface area contributed by atoms with Gasteiger partial charge in [0.25, 0.3) is 5.91 Å². The molecule has 9 heteroatoms. The largest absolute Gasteiger partial charge is 0.497 e. The number of methoxy groups -OCH3 is 1. The fourth-order valence-electron chi connectivity index (χ4n) is 3.55. The number of halogens is 1. The number of hydrogen-bond acceptors (Lipinski definition) is 5. The number of ether oxygens (including phenoxy) is 1. The number of fused-ring (bicyclic) bond motifs is 1. The SMILES string of the molecule is COc1cccc(N2C(=NC(=O)Cc3ccc(Cl)cc3)S[C@@H]3CS(=O)(=O)C[C@@H]32)c1. The maximum absolute atomic E-state index is 12.6. The zero-order chi connectivity index (χ0) is 20.6. The fourth-order valence-corrected chi connectivity index (χ4v) is 7.61. The standard InChI is InChI=1S/C20H19ClN2O4S2/c1-27-16-4-2-3-15(10-16)23-17-11-29(25,26)12-18(17)28-20(23)22-19(24)9-13-5-7-14(21)8-6-13/h2-8,10,17-18H,9,11-12H2,1H3/t17-,18+/m0/s1. The molecule has 0 radical (unpaired) electrons. The lowest BCUT2D eigenvalue weighted by Gasteiger charge is -2.24. The zero-order valence-electron chi connectivity index (χ0n) is 15.6. The lowest BCUT2D eigenvalue weighted by molar-refractivity contribution is -0.117. The minimum atomic E-state index is -3.11. The minimum absolute atomic E-state index is 0.0479. The molecule has 2 fully saturated rings. The number of carbonyl (C=O) groups excluding carboxylic acids is 1. The summed E-state index contributed by atoms with van der Waals surface area (Å²) in [5.74, 6) is 0.508. The molecule has 2 aliphatic heterocycles.